The minimum atomic E-state index is -0.0740. The van der Waals surface area contributed by atoms with Gasteiger partial charge < -0.3 is 19.0 Å². The zero-order chi connectivity index (χ0) is 19.1. The average Bonchev–Trinajstić information content (AvgIpc) is 3.42. The molecule has 148 valence electrons. The summed E-state index contributed by atoms with van der Waals surface area (Å²) in [6.07, 6.45) is 9.37. The summed E-state index contributed by atoms with van der Waals surface area (Å²) >= 11 is 0. The van der Waals surface area contributed by atoms with Gasteiger partial charge in [0.2, 0.25) is 11.8 Å². The molecule has 0 aromatic carbocycles. The first-order valence-corrected chi connectivity index (χ1v) is 9.99. The van der Waals surface area contributed by atoms with E-state index in [0.717, 1.165) is 50.9 Å². The molecule has 1 saturated heterocycles. The number of amides is 2. The molecule has 6 nitrogen and oxygen atoms in total. The lowest BCUT2D eigenvalue weighted by Gasteiger charge is -2.29. The summed E-state index contributed by atoms with van der Waals surface area (Å²) in [7, 11) is 0. The standard InChI is InChI=1S/C21H30N2O4/c1-2-11-22(21(25)17-7-3-4-8-17)16-20(24)23(14-18-9-5-12-26-18)15-19-10-6-13-27-19/h2,5,9,12,17,19H,1,3-4,6-8,10-11,13-16H2/t19-/m0/s1. The van der Waals surface area contributed by atoms with Gasteiger partial charge in [-0.3, -0.25) is 9.59 Å². The Morgan fingerprint density at radius 3 is 2.63 bits per heavy atom. The van der Waals surface area contributed by atoms with Crippen LogP contribution in [0.1, 0.15) is 44.3 Å². The van der Waals surface area contributed by atoms with Crippen LogP contribution >= 0.6 is 0 Å². The average molecular weight is 374 g/mol. The van der Waals surface area contributed by atoms with E-state index in [4.69, 9.17) is 9.15 Å². The van der Waals surface area contributed by atoms with Gasteiger partial charge in [-0.25, -0.2) is 0 Å². The van der Waals surface area contributed by atoms with E-state index in [2.05, 4.69) is 6.58 Å². The van der Waals surface area contributed by atoms with Crippen molar-refractivity contribution >= 4 is 11.8 Å². The summed E-state index contributed by atoms with van der Waals surface area (Å²) in [5.41, 5.74) is 0. The maximum Gasteiger partial charge on any atom is 0.242 e. The Morgan fingerprint density at radius 1 is 1.19 bits per heavy atom. The lowest BCUT2D eigenvalue weighted by molar-refractivity contribution is -0.143. The summed E-state index contributed by atoms with van der Waals surface area (Å²) in [6.45, 7) is 5.90. The number of nitrogens with zero attached hydrogens (tertiary/aromatic N) is 2. The van der Waals surface area contributed by atoms with E-state index >= 15 is 0 Å². The van der Waals surface area contributed by atoms with Gasteiger partial charge in [0.25, 0.3) is 0 Å². The van der Waals surface area contributed by atoms with Gasteiger partial charge in [0.15, 0.2) is 0 Å². The molecule has 1 saturated carbocycles. The van der Waals surface area contributed by atoms with E-state index in [9.17, 15) is 9.59 Å². The molecule has 1 aliphatic heterocycles. The normalized spacial score (nSPS) is 19.9. The predicted molar refractivity (Wildman–Crippen MR) is 102 cm³/mol. The van der Waals surface area contributed by atoms with Gasteiger partial charge in [0.1, 0.15) is 12.3 Å². The second kappa shape index (κ2) is 9.74. The van der Waals surface area contributed by atoms with Gasteiger partial charge in [0, 0.05) is 25.6 Å². The first-order valence-electron chi connectivity index (χ1n) is 9.99. The number of ether oxygens (including phenoxy) is 1. The largest absolute Gasteiger partial charge is 0.467 e. The number of carbonyl (C=O) groups excluding carboxylic acids is 2. The fraction of sp³-hybridized carbons (Fsp3) is 0.619. The Hall–Kier alpha value is -2.08. The molecule has 1 aliphatic carbocycles. The van der Waals surface area contributed by atoms with Crippen molar-refractivity contribution in [1.82, 2.24) is 9.80 Å². The number of rotatable bonds is 9. The van der Waals surface area contributed by atoms with E-state index < -0.39 is 0 Å². The smallest absolute Gasteiger partial charge is 0.242 e. The maximum atomic E-state index is 13.1. The Kier molecular flexibility index (Phi) is 7.10. The molecule has 1 atom stereocenters. The highest BCUT2D eigenvalue weighted by Crippen LogP contribution is 2.26. The Labute approximate surface area is 161 Å². The van der Waals surface area contributed by atoms with Crippen LogP contribution in [0.3, 0.4) is 0 Å². The van der Waals surface area contributed by atoms with Gasteiger partial charge in [-0.15, -0.1) is 6.58 Å². The van der Waals surface area contributed by atoms with Crippen LogP contribution in [0.25, 0.3) is 0 Å². The van der Waals surface area contributed by atoms with E-state index in [1.54, 1.807) is 22.1 Å². The van der Waals surface area contributed by atoms with E-state index in [1.807, 2.05) is 12.1 Å². The Balaban J connectivity index is 1.66. The first-order chi connectivity index (χ1) is 13.2. The molecule has 3 rings (SSSR count). The Morgan fingerprint density at radius 2 is 2.00 bits per heavy atom. The zero-order valence-corrected chi connectivity index (χ0v) is 16.0. The van der Waals surface area contributed by atoms with Crippen LogP contribution in [0.4, 0.5) is 0 Å². The molecule has 27 heavy (non-hydrogen) atoms. The van der Waals surface area contributed by atoms with Crippen LogP contribution in [-0.4, -0.2) is 54.0 Å². The van der Waals surface area contributed by atoms with Crippen molar-refractivity contribution in [3.63, 3.8) is 0 Å². The summed E-state index contributed by atoms with van der Waals surface area (Å²) < 4.78 is 11.1. The third-order valence-electron chi connectivity index (χ3n) is 5.42. The molecular formula is C21H30N2O4. The summed E-state index contributed by atoms with van der Waals surface area (Å²) in [6, 6.07) is 3.68. The fourth-order valence-electron chi connectivity index (χ4n) is 3.96. The minimum absolute atomic E-state index is 0.0504. The van der Waals surface area contributed by atoms with E-state index in [1.165, 1.54) is 0 Å². The second-order valence-electron chi connectivity index (χ2n) is 7.48. The molecule has 0 unspecified atom stereocenters. The summed E-state index contributed by atoms with van der Waals surface area (Å²) in [5, 5.41) is 0. The maximum absolute atomic E-state index is 13.1. The molecule has 6 heteroatoms. The quantitative estimate of drug-likeness (QED) is 0.624. The van der Waals surface area contributed by atoms with Crippen LogP contribution in [0, 0.1) is 5.92 Å². The van der Waals surface area contributed by atoms with Crippen molar-refractivity contribution in [2.75, 3.05) is 26.2 Å². The van der Waals surface area contributed by atoms with Crippen molar-refractivity contribution in [2.24, 2.45) is 5.92 Å². The SMILES string of the molecule is C=CCN(CC(=O)N(Cc1ccco1)C[C@@H]1CCCO1)C(=O)C1CCCC1. The van der Waals surface area contributed by atoms with Crippen molar-refractivity contribution < 1.29 is 18.7 Å². The molecule has 0 spiro atoms. The molecule has 0 bridgehead atoms. The third kappa shape index (κ3) is 5.45. The van der Waals surface area contributed by atoms with E-state index in [-0.39, 0.29) is 30.4 Å². The van der Waals surface area contributed by atoms with Gasteiger partial charge in [0.05, 0.1) is 18.9 Å². The molecule has 0 radical (unpaired) electrons. The van der Waals surface area contributed by atoms with Crippen molar-refractivity contribution in [3.8, 4) is 0 Å². The van der Waals surface area contributed by atoms with E-state index in [0.29, 0.717) is 19.6 Å². The monoisotopic (exact) mass is 374 g/mol. The fourth-order valence-corrected chi connectivity index (χ4v) is 3.96. The summed E-state index contributed by atoms with van der Waals surface area (Å²) in [5.74, 6) is 0.791. The molecule has 2 heterocycles. The van der Waals surface area contributed by atoms with Gasteiger partial charge in [-0.1, -0.05) is 18.9 Å². The summed E-state index contributed by atoms with van der Waals surface area (Å²) in [4.78, 5) is 29.3. The van der Waals surface area contributed by atoms with Gasteiger partial charge in [-0.2, -0.15) is 0 Å². The zero-order valence-electron chi connectivity index (χ0n) is 16.0. The highest BCUT2D eigenvalue weighted by Gasteiger charge is 2.30. The minimum Gasteiger partial charge on any atom is -0.467 e. The predicted octanol–water partition coefficient (Wildman–Crippen LogP) is 2.99. The van der Waals surface area contributed by atoms with Crippen molar-refractivity contribution in [2.45, 2.75) is 51.2 Å². The topological polar surface area (TPSA) is 63.0 Å². The number of furan rings is 1. The number of hydrogen-bond acceptors (Lipinski definition) is 4. The van der Waals surface area contributed by atoms with Crippen LogP contribution in [-0.2, 0) is 20.9 Å². The molecule has 1 aromatic rings. The first kappa shape index (κ1) is 19.7. The van der Waals surface area contributed by atoms with Crippen LogP contribution < -0.4 is 0 Å². The molecular weight excluding hydrogens is 344 g/mol. The van der Waals surface area contributed by atoms with Crippen LogP contribution in [0.5, 0.6) is 0 Å². The second-order valence-corrected chi connectivity index (χ2v) is 7.48. The lowest BCUT2D eigenvalue weighted by atomic mass is 10.1. The molecule has 2 fully saturated rings. The third-order valence-corrected chi connectivity index (χ3v) is 5.42. The van der Waals surface area contributed by atoms with Crippen molar-refractivity contribution in [3.05, 3.63) is 36.8 Å². The molecule has 2 aliphatic rings. The highest BCUT2D eigenvalue weighted by molar-refractivity contribution is 5.86. The van der Waals surface area contributed by atoms with Crippen molar-refractivity contribution in [1.29, 1.82) is 0 Å². The number of hydrogen-bond donors (Lipinski definition) is 0. The van der Waals surface area contributed by atoms with Gasteiger partial charge in [-0.05, 0) is 37.8 Å². The molecule has 0 N–H and O–H groups in total. The van der Waals surface area contributed by atoms with Crippen LogP contribution in [0.2, 0.25) is 0 Å². The van der Waals surface area contributed by atoms with Gasteiger partial charge >= 0.3 is 0 Å². The molecule has 1 aromatic heterocycles. The highest BCUT2D eigenvalue weighted by atomic mass is 16.5. The number of carbonyl (C=O) groups is 2. The lowest BCUT2D eigenvalue weighted by Crippen LogP contribution is -2.46. The van der Waals surface area contributed by atoms with Crippen LogP contribution in [0.15, 0.2) is 35.5 Å². The Bertz CT molecular complexity index is 616. The molecule has 2 amide bonds.